The van der Waals surface area contributed by atoms with Crippen molar-refractivity contribution in [1.29, 1.82) is 0 Å². The highest BCUT2D eigenvalue weighted by Crippen LogP contribution is 2.35. The average molecular weight is 699 g/mol. The third-order valence-corrected chi connectivity index (χ3v) is 8.54. The fraction of sp³-hybridized carbons (Fsp3) is 0.219. The quantitative estimate of drug-likeness (QED) is 0.181. The molecule has 1 atom stereocenters. The van der Waals surface area contributed by atoms with Crippen molar-refractivity contribution in [3.8, 4) is 11.5 Å². The first kappa shape index (κ1) is 29.7. The second kappa shape index (κ2) is 12.6. The molecule has 216 valence electrons. The number of carbonyl (C=O) groups excluding carboxylic acids is 1. The number of hydrogen-bond acceptors (Lipinski definition) is 7. The zero-order valence-corrected chi connectivity index (χ0v) is 26.4. The van der Waals surface area contributed by atoms with Crippen LogP contribution in [0.2, 0.25) is 0 Å². The first-order valence-electron chi connectivity index (χ1n) is 13.2. The van der Waals surface area contributed by atoms with Gasteiger partial charge in [0.05, 0.1) is 39.1 Å². The van der Waals surface area contributed by atoms with Crippen LogP contribution >= 0.6 is 33.9 Å². The third kappa shape index (κ3) is 6.05. The van der Waals surface area contributed by atoms with Gasteiger partial charge in [0.2, 0.25) is 0 Å². The summed E-state index contributed by atoms with van der Waals surface area (Å²) >= 11 is 3.42. The number of benzene rings is 3. The molecule has 1 aromatic heterocycles. The van der Waals surface area contributed by atoms with Crippen molar-refractivity contribution in [2.24, 2.45) is 4.99 Å². The van der Waals surface area contributed by atoms with Crippen LogP contribution in [-0.2, 0) is 16.1 Å². The Morgan fingerprint density at radius 1 is 1.12 bits per heavy atom. The zero-order chi connectivity index (χ0) is 30.0. The van der Waals surface area contributed by atoms with E-state index < -0.39 is 12.0 Å². The van der Waals surface area contributed by atoms with Gasteiger partial charge < -0.3 is 14.2 Å². The maximum atomic E-state index is 13.9. The molecule has 10 heteroatoms. The van der Waals surface area contributed by atoms with Crippen LogP contribution in [0.1, 0.15) is 42.1 Å². The highest BCUT2D eigenvalue weighted by molar-refractivity contribution is 14.1. The topological polar surface area (TPSA) is 79.1 Å². The van der Waals surface area contributed by atoms with E-state index in [1.807, 2.05) is 37.3 Å². The summed E-state index contributed by atoms with van der Waals surface area (Å²) < 4.78 is 33.1. The Labute approximate surface area is 259 Å². The Kier molecular flexibility index (Phi) is 8.93. The Balaban J connectivity index is 1.56. The van der Waals surface area contributed by atoms with Crippen molar-refractivity contribution in [2.75, 3.05) is 13.7 Å². The summed E-state index contributed by atoms with van der Waals surface area (Å²) in [6.07, 6.45) is 1.79. The largest absolute Gasteiger partial charge is 0.493 e. The van der Waals surface area contributed by atoms with Crippen LogP contribution in [0.25, 0.3) is 6.08 Å². The molecule has 0 N–H and O–H groups in total. The van der Waals surface area contributed by atoms with Gasteiger partial charge in [0.25, 0.3) is 5.56 Å². The molecule has 42 heavy (non-hydrogen) atoms. The number of fused-ring (bicyclic) bond motifs is 1. The van der Waals surface area contributed by atoms with Gasteiger partial charge >= 0.3 is 5.97 Å². The Hall–Kier alpha value is -3.77. The summed E-state index contributed by atoms with van der Waals surface area (Å²) in [4.78, 5) is 32.1. The van der Waals surface area contributed by atoms with E-state index in [9.17, 15) is 14.0 Å². The second-order valence-corrected chi connectivity index (χ2v) is 11.8. The lowest BCUT2D eigenvalue weighted by Gasteiger charge is -2.24. The lowest BCUT2D eigenvalue weighted by molar-refractivity contribution is -0.139. The van der Waals surface area contributed by atoms with Crippen LogP contribution in [0.4, 0.5) is 4.39 Å². The molecular formula is C32H28FIN2O5S. The second-order valence-electron chi connectivity index (χ2n) is 9.66. The van der Waals surface area contributed by atoms with Crippen LogP contribution in [-0.4, -0.2) is 24.3 Å². The third-order valence-electron chi connectivity index (χ3n) is 6.76. The molecule has 0 aliphatic carbocycles. The summed E-state index contributed by atoms with van der Waals surface area (Å²) in [5.41, 5.74) is 4.03. The number of methoxy groups -OCH3 is 1. The molecule has 2 heterocycles. The van der Waals surface area contributed by atoms with Crippen molar-refractivity contribution in [3.05, 3.63) is 123 Å². The van der Waals surface area contributed by atoms with E-state index >= 15 is 0 Å². The number of carbonyl (C=O) groups is 1. The van der Waals surface area contributed by atoms with E-state index in [4.69, 9.17) is 14.2 Å². The van der Waals surface area contributed by atoms with Gasteiger partial charge in [0.15, 0.2) is 16.3 Å². The normalized spacial score (nSPS) is 14.8. The molecule has 0 saturated carbocycles. The maximum absolute atomic E-state index is 13.9. The van der Waals surface area contributed by atoms with E-state index in [-0.39, 0.29) is 24.6 Å². The number of esters is 1. The number of hydrogen-bond donors (Lipinski definition) is 0. The van der Waals surface area contributed by atoms with Crippen molar-refractivity contribution in [3.63, 3.8) is 0 Å². The van der Waals surface area contributed by atoms with Crippen LogP contribution in [0, 0.1) is 16.3 Å². The Bertz CT molecular complexity index is 1860. The van der Waals surface area contributed by atoms with Crippen molar-refractivity contribution < 1.29 is 23.4 Å². The SMILES string of the molecule is CCOC(=O)C1=C(C)N=c2s/c(=C/c3cc(I)c(OCc4ccc(F)cc4)c(OC)c3)c(=O)n2[C@@H]1c1ccc(C)cc1. The molecule has 0 amide bonds. The standard InChI is InChI=1S/C32H28FIN2O5S/c1-5-40-31(38)27-19(3)35-32-36(28(27)22-10-6-18(2)7-11-22)30(37)26(42-32)16-21-14-24(34)29(25(15-21)39-4)41-17-20-8-12-23(33)13-9-20/h6-16,28H,5,17H2,1-4H3/b26-16+/t28-/m1/s1. The van der Waals surface area contributed by atoms with E-state index in [1.54, 1.807) is 49.8 Å². The highest BCUT2D eigenvalue weighted by atomic mass is 127. The number of allylic oxidation sites excluding steroid dienone is 1. The molecule has 7 nitrogen and oxygen atoms in total. The predicted octanol–water partition coefficient (Wildman–Crippen LogP) is 5.44. The van der Waals surface area contributed by atoms with Gasteiger partial charge in [0.1, 0.15) is 12.4 Å². The molecule has 1 aliphatic rings. The number of halogens is 2. The highest BCUT2D eigenvalue weighted by Gasteiger charge is 2.33. The minimum absolute atomic E-state index is 0.213. The molecule has 3 aromatic carbocycles. The lowest BCUT2D eigenvalue weighted by atomic mass is 9.95. The number of thiazole rings is 1. The fourth-order valence-electron chi connectivity index (χ4n) is 4.71. The first-order chi connectivity index (χ1) is 20.2. The van der Waals surface area contributed by atoms with Crippen molar-refractivity contribution in [2.45, 2.75) is 33.4 Å². The number of rotatable bonds is 8. The molecule has 0 spiro atoms. The smallest absolute Gasteiger partial charge is 0.338 e. The number of aromatic nitrogens is 1. The Morgan fingerprint density at radius 2 is 1.83 bits per heavy atom. The maximum Gasteiger partial charge on any atom is 0.338 e. The molecule has 0 saturated heterocycles. The average Bonchev–Trinajstić information content (AvgIpc) is 3.26. The molecule has 5 rings (SSSR count). The summed E-state index contributed by atoms with van der Waals surface area (Å²) in [5, 5.41) is 0. The van der Waals surface area contributed by atoms with Crippen LogP contribution < -0.4 is 24.4 Å². The molecule has 0 radical (unpaired) electrons. The summed E-state index contributed by atoms with van der Waals surface area (Å²) in [6.45, 7) is 5.95. The van der Waals surface area contributed by atoms with Gasteiger partial charge in [-0.2, -0.15) is 0 Å². The fourth-order valence-corrected chi connectivity index (χ4v) is 6.53. The van der Waals surface area contributed by atoms with Crippen molar-refractivity contribution >= 4 is 46.0 Å². The Morgan fingerprint density at radius 3 is 2.50 bits per heavy atom. The van der Waals surface area contributed by atoms with E-state index in [2.05, 4.69) is 27.6 Å². The summed E-state index contributed by atoms with van der Waals surface area (Å²) in [5.74, 6) is 0.253. The van der Waals surface area contributed by atoms with Crippen LogP contribution in [0.3, 0.4) is 0 Å². The zero-order valence-electron chi connectivity index (χ0n) is 23.4. The van der Waals surface area contributed by atoms with Crippen LogP contribution in [0.5, 0.6) is 11.5 Å². The van der Waals surface area contributed by atoms with E-state index in [1.165, 1.54) is 23.5 Å². The molecular weight excluding hydrogens is 670 g/mol. The summed E-state index contributed by atoms with van der Waals surface area (Å²) in [7, 11) is 1.55. The molecule has 0 unspecified atom stereocenters. The minimum Gasteiger partial charge on any atom is -0.493 e. The molecule has 0 bridgehead atoms. The monoisotopic (exact) mass is 698 g/mol. The van der Waals surface area contributed by atoms with Gasteiger partial charge in [-0.15, -0.1) is 0 Å². The predicted molar refractivity (Wildman–Crippen MR) is 168 cm³/mol. The van der Waals surface area contributed by atoms with Gasteiger partial charge in [-0.25, -0.2) is 14.2 Å². The van der Waals surface area contributed by atoms with Gasteiger partial charge in [-0.3, -0.25) is 9.36 Å². The van der Waals surface area contributed by atoms with Crippen LogP contribution in [0.15, 0.2) is 81.7 Å². The molecule has 4 aromatic rings. The van der Waals surface area contributed by atoms with E-state index in [0.717, 1.165) is 25.8 Å². The van der Waals surface area contributed by atoms with E-state index in [0.29, 0.717) is 32.1 Å². The van der Waals surface area contributed by atoms with Crippen molar-refractivity contribution in [1.82, 2.24) is 4.57 Å². The number of aryl methyl sites for hydroxylation is 1. The molecule has 1 aliphatic heterocycles. The van der Waals surface area contributed by atoms with Gasteiger partial charge in [-0.1, -0.05) is 53.3 Å². The van der Waals surface area contributed by atoms with Gasteiger partial charge in [0, 0.05) is 0 Å². The summed E-state index contributed by atoms with van der Waals surface area (Å²) in [6, 6.07) is 16.9. The lowest BCUT2D eigenvalue weighted by Crippen LogP contribution is -2.39. The number of ether oxygens (including phenoxy) is 3. The van der Waals surface area contributed by atoms with Gasteiger partial charge in [-0.05, 0) is 90.4 Å². The first-order valence-corrected chi connectivity index (χ1v) is 15.1. The number of nitrogens with zero attached hydrogens (tertiary/aromatic N) is 2. The minimum atomic E-state index is -0.667. The molecule has 0 fully saturated rings.